The number of benzene rings is 1. The Hall–Kier alpha value is -1.36. The van der Waals surface area contributed by atoms with E-state index in [0.717, 1.165) is 35.7 Å². The number of hydrogen-bond acceptors (Lipinski definition) is 3. The van der Waals surface area contributed by atoms with Gasteiger partial charge in [-0.3, -0.25) is 4.79 Å². The van der Waals surface area contributed by atoms with Crippen molar-refractivity contribution in [1.29, 1.82) is 0 Å². The summed E-state index contributed by atoms with van der Waals surface area (Å²) in [6.45, 7) is 0. The Kier molecular flexibility index (Phi) is 6.43. The average molecular weight is 368 g/mol. The minimum atomic E-state index is -0.624. The normalized spacial score (nSPS) is 16.8. The first-order chi connectivity index (χ1) is 10.6. The molecule has 0 spiro atoms. The van der Waals surface area contributed by atoms with Gasteiger partial charge >= 0.3 is 5.97 Å². The van der Waals surface area contributed by atoms with Crippen LogP contribution in [0.2, 0.25) is 0 Å². The van der Waals surface area contributed by atoms with Gasteiger partial charge in [0, 0.05) is 16.8 Å². The van der Waals surface area contributed by atoms with E-state index in [-0.39, 0.29) is 11.8 Å². The Bertz CT molecular complexity index is 509. The fourth-order valence-electron chi connectivity index (χ4n) is 2.85. The van der Waals surface area contributed by atoms with Crippen molar-refractivity contribution in [2.75, 3.05) is 7.11 Å². The topological polar surface area (TPSA) is 55.4 Å². The molecule has 120 valence electrons. The van der Waals surface area contributed by atoms with Crippen molar-refractivity contribution in [3.8, 4) is 0 Å². The van der Waals surface area contributed by atoms with E-state index in [0.29, 0.717) is 6.42 Å². The number of carbonyl (C=O) groups is 2. The molecule has 2 rings (SSSR count). The second kappa shape index (κ2) is 8.32. The first-order valence-corrected chi connectivity index (χ1v) is 8.52. The van der Waals surface area contributed by atoms with Crippen molar-refractivity contribution >= 4 is 27.8 Å². The van der Waals surface area contributed by atoms with Crippen LogP contribution < -0.4 is 5.32 Å². The van der Waals surface area contributed by atoms with Crippen LogP contribution in [-0.4, -0.2) is 25.0 Å². The summed E-state index contributed by atoms with van der Waals surface area (Å²) in [5, 5.41) is 2.88. The van der Waals surface area contributed by atoms with Crippen LogP contribution in [0.25, 0.3) is 0 Å². The number of methoxy groups -OCH3 is 1. The summed E-state index contributed by atoms with van der Waals surface area (Å²) in [5.74, 6) is -0.384. The third-order valence-electron chi connectivity index (χ3n) is 4.13. The van der Waals surface area contributed by atoms with Crippen LogP contribution >= 0.6 is 15.9 Å². The number of halogens is 1. The van der Waals surface area contributed by atoms with Gasteiger partial charge in [-0.05, 0) is 30.5 Å². The molecule has 1 aliphatic carbocycles. The van der Waals surface area contributed by atoms with Crippen molar-refractivity contribution in [1.82, 2.24) is 5.32 Å². The van der Waals surface area contributed by atoms with Gasteiger partial charge in [-0.15, -0.1) is 0 Å². The highest BCUT2D eigenvalue weighted by atomic mass is 79.9. The lowest BCUT2D eigenvalue weighted by atomic mass is 9.88. The van der Waals surface area contributed by atoms with Crippen LogP contribution in [-0.2, 0) is 20.7 Å². The van der Waals surface area contributed by atoms with Crippen LogP contribution in [0.5, 0.6) is 0 Å². The Morgan fingerprint density at radius 2 is 1.86 bits per heavy atom. The molecule has 0 saturated heterocycles. The number of carbonyl (C=O) groups excluding carboxylic acids is 2. The van der Waals surface area contributed by atoms with E-state index in [1.54, 1.807) is 0 Å². The third kappa shape index (κ3) is 4.83. The maximum Gasteiger partial charge on any atom is 0.328 e. The molecule has 0 radical (unpaired) electrons. The van der Waals surface area contributed by atoms with Gasteiger partial charge < -0.3 is 10.1 Å². The molecule has 1 aromatic carbocycles. The van der Waals surface area contributed by atoms with Gasteiger partial charge in [-0.1, -0.05) is 47.3 Å². The molecule has 0 aromatic heterocycles. The van der Waals surface area contributed by atoms with E-state index < -0.39 is 12.0 Å². The van der Waals surface area contributed by atoms with Gasteiger partial charge in [0.15, 0.2) is 0 Å². The Morgan fingerprint density at radius 3 is 2.45 bits per heavy atom. The summed E-state index contributed by atoms with van der Waals surface area (Å²) in [7, 11) is 1.35. The number of nitrogens with one attached hydrogen (secondary N) is 1. The quantitative estimate of drug-likeness (QED) is 0.812. The number of rotatable bonds is 5. The lowest BCUT2D eigenvalue weighted by Crippen LogP contribution is -2.45. The zero-order valence-electron chi connectivity index (χ0n) is 12.8. The summed E-state index contributed by atoms with van der Waals surface area (Å²) >= 11 is 3.39. The molecule has 1 amide bonds. The van der Waals surface area contributed by atoms with Crippen molar-refractivity contribution in [2.45, 2.75) is 44.6 Å². The predicted octanol–water partition coefficient (Wildman–Crippen LogP) is 3.23. The fraction of sp³-hybridized carbons (Fsp3) is 0.529. The first kappa shape index (κ1) is 17.0. The molecule has 1 saturated carbocycles. The highest BCUT2D eigenvalue weighted by molar-refractivity contribution is 9.10. The second-order valence-electron chi connectivity index (χ2n) is 5.75. The molecule has 1 N–H and O–H groups in total. The Labute approximate surface area is 139 Å². The zero-order valence-corrected chi connectivity index (χ0v) is 14.4. The third-order valence-corrected chi connectivity index (χ3v) is 4.66. The smallest absolute Gasteiger partial charge is 0.328 e. The van der Waals surface area contributed by atoms with Crippen molar-refractivity contribution in [3.63, 3.8) is 0 Å². The molecular formula is C17H22BrNO3. The fourth-order valence-corrected chi connectivity index (χ4v) is 3.11. The molecule has 4 nitrogen and oxygen atoms in total. The molecule has 22 heavy (non-hydrogen) atoms. The number of hydrogen-bond donors (Lipinski definition) is 1. The van der Waals surface area contributed by atoms with Crippen LogP contribution in [0, 0.1) is 5.92 Å². The monoisotopic (exact) mass is 367 g/mol. The Morgan fingerprint density at radius 1 is 1.23 bits per heavy atom. The maximum atomic E-state index is 12.3. The van der Waals surface area contributed by atoms with E-state index >= 15 is 0 Å². The van der Waals surface area contributed by atoms with E-state index in [4.69, 9.17) is 4.74 Å². The van der Waals surface area contributed by atoms with Gasteiger partial charge in [0.05, 0.1) is 7.11 Å². The molecule has 0 unspecified atom stereocenters. The largest absolute Gasteiger partial charge is 0.467 e. The molecule has 0 bridgehead atoms. The van der Waals surface area contributed by atoms with E-state index in [2.05, 4.69) is 21.2 Å². The van der Waals surface area contributed by atoms with Crippen molar-refractivity contribution in [2.24, 2.45) is 5.92 Å². The SMILES string of the molecule is COC(=O)[C@@H](Cc1ccc(Br)cc1)NC(=O)C1CCCCC1. The lowest BCUT2D eigenvalue weighted by molar-refractivity contribution is -0.145. The van der Waals surface area contributed by atoms with Crippen molar-refractivity contribution < 1.29 is 14.3 Å². The molecular weight excluding hydrogens is 346 g/mol. The van der Waals surface area contributed by atoms with Gasteiger partial charge in [-0.25, -0.2) is 4.79 Å². The standard InChI is InChI=1S/C17H22BrNO3/c1-22-17(21)15(11-12-7-9-14(18)10-8-12)19-16(20)13-5-3-2-4-6-13/h7-10,13,15H,2-6,11H2,1H3,(H,19,20)/t15-/m1/s1. The van der Waals surface area contributed by atoms with Gasteiger partial charge in [0.2, 0.25) is 5.91 Å². The molecule has 1 aliphatic rings. The Balaban J connectivity index is 2.00. The van der Waals surface area contributed by atoms with Gasteiger partial charge in [0.25, 0.3) is 0 Å². The van der Waals surface area contributed by atoms with Crippen LogP contribution in [0.15, 0.2) is 28.7 Å². The minimum Gasteiger partial charge on any atom is -0.467 e. The van der Waals surface area contributed by atoms with Crippen LogP contribution in [0.3, 0.4) is 0 Å². The summed E-state index contributed by atoms with van der Waals surface area (Å²) in [4.78, 5) is 24.3. The number of amides is 1. The summed E-state index contributed by atoms with van der Waals surface area (Å²) < 4.78 is 5.82. The molecule has 1 atom stereocenters. The zero-order chi connectivity index (χ0) is 15.9. The van der Waals surface area contributed by atoms with E-state index in [1.165, 1.54) is 13.5 Å². The second-order valence-corrected chi connectivity index (χ2v) is 6.67. The van der Waals surface area contributed by atoms with Gasteiger partial charge in [0.1, 0.15) is 6.04 Å². The number of esters is 1. The first-order valence-electron chi connectivity index (χ1n) is 7.73. The number of ether oxygens (including phenoxy) is 1. The highest BCUT2D eigenvalue weighted by Crippen LogP contribution is 2.24. The molecule has 1 aromatic rings. The summed E-state index contributed by atoms with van der Waals surface area (Å²) in [5.41, 5.74) is 0.988. The summed E-state index contributed by atoms with van der Waals surface area (Å²) in [6, 6.07) is 7.10. The molecule has 0 aliphatic heterocycles. The average Bonchev–Trinajstić information content (AvgIpc) is 2.56. The summed E-state index contributed by atoms with van der Waals surface area (Å²) in [6.07, 6.45) is 5.65. The van der Waals surface area contributed by atoms with E-state index in [1.807, 2.05) is 24.3 Å². The lowest BCUT2D eigenvalue weighted by Gasteiger charge is -2.24. The highest BCUT2D eigenvalue weighted by Gasteiger charge is 2.27. The molecule has 1 fully saturated rings. The van der Waals surface area contributed by atoms with E-state index in [9.17, 15) is 9.59 Å². The van der Waals surface area contributed by atoms with Crippen LogP contribution in [0.4, 0.5) is 0 Å². The minimum absolute atomic E-state index is 0.0211. The van der Waals surface area contributed by atoms with Crippen molar-refractivity contribution in [3.05, 3.63) is 34.3 Å². The van der Waals surface area contributed by atoms with Crippen LogP contribution in [0.1, 0.15) is 37.7 Å². The predicted molar refractivity (Wildman–Crippen MR) is 88.4 cm³/mol. The molecule has 0 heterocycles. The van der Waals surface area contributed by atoms with Gasteiger partial charge in [-0.2, -0.15) is 0 Å². The molecule has 5 heteroatoms. The maximum absolute atomic E-state index is 12.3.